The van der Waals surface area contributed by atoms with Crippen molar-refractivity contribution in [3.63, 3.8) is 0 Å². The fourth-order valence-electron chi connectivity index (χ4n) is 4.52. The number of fused-ring (bicyclic) bond motifs is 1. The fraction of sp³-hybridized carbons (Fsp3) is 0.462. The number of ether oxygens (including phenoxy) is 2. The van der Waals surface area contributed by atoms with Gasteiger partial charge in [-0.3, -0.25) is 13.9 Å². The molecule has 9 nitrogen and oxygen atoms in total. The SMILES string of the molecule is Cc1ccc(CN(C(=O)CN(c2ccc3c(c2)OCO3)S(C)(=O)=O)[C@H](C)C(=O)NC2CCCC2)cc1. The summed E-state index contributed by atoms with van der Waals surface area (Å²) >= 11 is 0. The highest BCUT2D eigenvalue weighted by molar-refractivity contribution is 7.92. The lowest BCUT2D eigenvalue weighted by Crippen LogP contribution is -2.52. The van der Waals surface area contributed by atoms with Gasteiger partial charge in [-0.05, 0) is 44.4 Å². The number of aryl methyl sites for hydroxylation is 1. The van der Waals surface area contributed by atoms with Crippen LogP contribution >= 0.6 is 0 Å². The normalized spacial score (nSPS) is 16.0. The van der Waals surface area contributed by atoms with Crippen LogP contribution in [-0.4, -0.2) is 56.8 Å². The van der Waals surface area contributed by atoms with E-state index in [0.29, 0.717) is 11.5 Å². The first-order valence-electron chi connectivity index (χ1n) is 12.1. The van der Waals surface area contributed by atoms with Gasteiger partial charge in [-0.25, -0.2) is 8.42 Å². The molecule has 1 saturated carbocycles. The third-order valence-electron chi connectivity index (χ3n) is 6.67. The molecule has 1 fully saturated rings. The van der Waals surface area contributed by atoms with Crippen molar-refractivity contribution in [3.05, 3.63) is 53.6 Å². The average molecular weight is 516 g/mol. The Morgan fingerprint density at radius 1 is 1.06 bits per heavy atom. The Labute approximate surface area is 212 Å². The first kappa shape index (κ1) is 25.8. The summed E-state index contributed by atoms with van der Waals surface area (Å²) in [5.74, 6) is 0.204. The number of sulfonamides is 1. The number of nitrogens with zero attached hydrogens (tertiary/aromatic N) is 2. The molecule has 4 rings (SSSR count). The van der Waals surface area contributed by atoms with E-state index >= 15 is 0 Å². The zero-order valence-electron chi connectivity index (χ0n) is 20.9. The molecule has 194 valence electrons. The molecule has 10 heteroatoms. The van der Waals surface area contributed by atoms with Crippen molar-refractivity contribution >= 4 is 27.5 Å². The summed E-state index contributed by atoms with van der Waals surface area (Å²) in [5, 5.41) is 3.06. The molecule has 0 aromatic heterocycles. The number of amides is 2. The van der Waals surface area contributed by atoms with Crippen molar-refractivity contribution in [1.29, 1.82) is 0 Å². The molecule has 1 heterocycles. The highest BCUT2D eigenvalue weighted by Gasteiger charge is 2.32. The summed E-state index contributed by atoms with van der Waals surface area (Å²) < 4.78 is 37.2. The quantitative estimate of drug-likeness (QED) is 0.551. The van der Waals surface area contributed by atoms with Gasteiger partial charge < -0.3 is 19.7 Å². The van der Waals surface area contributed by atoms with Gasteiger partial charge in [0.15, 0.2) is 11.5 Å². The molecule has 0 spiro atoms. The van der Waals surface area contributed by atoms with Gasteiger partial charge in [-0.15, -0.1) is 0 Å². The molecule has 36 heavy (non-hydrogen) atoms. The van der Waals surface area contributed by atoms with Crippen LogP contribution in [-0.2, 0) is 26.2 Å². The summed E-state index contributed by atoms with van der Waals surface area (Å²) in [6.07, 6.45) is 5.05. The molecule has 0 saturated heterocycles. The van der Waals surface area contributed by atoms with Crippen molar-refractivity contribution in [2.75, 3.05) is 23.9 Å². The maximum Gasteiger partial charge on any atom is 0.244 e. The maximum absolute atomic E-state index is 13.6. The maximum atomic E-state index is 13.6. The van der Waals surface area contributed by atoms with E-state index < -0.39 is 28.5 Å². The van der Waals surface area contributed by atoms with Crippen molar-refractivity contribution in [2.45, 2.75) is 58.2 Å². The van der Waals surface area contributed by atoms with E-state index in [1.54, 1.807) is 19.1 Å². The smallest absolute Gasteiger partial charge is 0.244 e. The standard InChI is InChI=1S/C26H33N3O6S/c1-18-8-10-20(11-9-18)15-28(19(2)26(31)27-21-6-4-5-7-21)25(30)16-29(36(3,32)33)22-12-13-23-24(14-22)35-17-34-23/h8-14,19,21H,4-7,15-17H2,1-3H3,(H,27,31)/t19-/m1/s1. The van der Waals surface area contributed by atoms with E-state index in [9.17, 15) is 18.0 Å². The second kappa shape index (κ2) is 10.8. The van der Waals surface area contributed by atoms with Gasteiger partial charge in [0.1, 0.15) is 12.6 Å². The van der Waals surface area contributed by atoms with Crippen molar-refractivity contribution in [3.8, 4) is 11.5 Å². The van der Waals surface area contributed by atoms with Crippen LogP contribution in [0.4, 0.5) is 5.69 Å². The summed E-state index contributed by atoms with van der Waals surface area (Å²) in [4.78, 5) is 28.2. The molecule has 1 aliphatic heterocycles. The van der Waals surface area contributed by atoms with Crippen LogP contribution in [0, 0.1) is 6.92 Å². The van der Waals surface area contributed by atoms with Crippen LogP contribution < -0.4 is 19.1 Å². The topological polar surface area (TPSA) is 105 Å². The minimum absolute atomic E-state index is 0.0501. The Morgan fingerprint density at radius 2 is 1.72 bits per heavy atom. The van der Waals surface area contributed by atoms with E-state index in [0.717, 1.165) is 47.4 Å². The van der Waals surface area contributed by atoms with Crippen LogP contribution in [0.15, 0.2) is 42.5 Å². The van der Waals surface area contributed by atoms with E-state index in [-0.39, 0.29) is 31.0 Å². The number of carbonyl (C=O) groups is 2. The number of hydrogen-bond donors (Lipinski definition) is 1. The highest BCUT2D eigenvalue weighted by atomic mass is 32.2. The molecule has 0 bridgehead atoms. The zero-order valence-corrected chi connectivity index (χ0v) is 21.7. The third-order valence-corrected chi connectivity index (χ3v) is 7.81. The second-order valence-corrected chi connectivity index (χ2v) is 11.4. The summed E-state index contributed by atoms with van der Waals surface area (Å²) in [7, 11) is -3.82. The van der Waals surface area contributed by atoms with Crippen LogP contribution in [0.2, 0.25) is 0 Å². The lowest BCUT2D eigenvalue weighted by atomic mass is 10.1. The first-order valence-corrected chi connectivity index (χ1v) is 14.0. The Balaban J connectivity index is 1.59. The molecule has 0 unspecified atom stereocenters. The number of rotatable bonds is 9. The van der Waals surface area contributed by atoms with E-state index in [1.165, 1.54) is 11.0 Å². The highest BCUT2D eigenvalue weighted by Crippen LogP contribution is 2.36. The van der Waals surface area contributed by atoms with Crippen molar-refractivity contribution in [1.82, 2.24) is 10.2 Å². The van der Waals surface area contributed by atoms with Gasteiger partial charge in [0.05, 0.1) is 11.9 Å². The van der Waals surface area contributed by atoms with Crippen LogP contribution in [0.25, 0.3) is 0 Å². The van der Waals surface area contributed by atoms with Crippen LogP contribution in [0.5, 0.6) is 11.5 Å². The van der Waals surface area contributed by atoms with Crippen LogP contribution in [0.1, 0.15) is 43.7 Å². The predicted molar refractivity (Wildman–Crippen MR) is 136 cm³/mol. The number of hydrogen-bond acceptors (Lipinski definition) is 6. The summed E-state index contributed by atoms with van der Waals surface area (Å²) in [6.45, 7) is 3.43. The lowest BCUT2D eigenvalue weighted by Gasteiger charge is -2.32. The molecule has 2 aromatic carbocycles. The molecule has 2 aliphatic rings. The molecular formula is C26H33N3O6S. The van der Waals surface area contributed by atoms with Gasteiger partial charge in [0.25, 0.3) is 0 Å². The molecule has 1 aliphatic carbocycles. The summed E-state index contributed by atoms with van der Waals surface area (Å²) in [5.41, 5.74) is 2.21. The number of carbonyl (C=O) groups excluding carboxylic acids is 2. The monoisotopic (exact) mass is 515 g/mol. The molecule has 0 radical (unpaired) electrons. The second-order valence-electron chi connectivity index (χ2n) is 9.48. The molecule has 1 atom stereocenters. The minimum atomic E-state index is -3.82. The largest absolute Gasteiger partial charge is 0.454 e. The molecule has 2 amide bonds. The van der Waals surface area contributed by atoms with Gasteiger partial charge in [0, 0.05) is 18.7 Å². The van der Waals surface area contributed by atoms with Gasteiger partial charge in [0.2, 0.25) is 28.6 Å². The lowest BCUT2D eigenvalue weighted by molar-refractivity contribution is -0.139. The Kier molecular flexibility index (Phi) is 7.73. The number of anilines is 1. The molecular weight excluding hydrogens is 482 g/mol. The van der Waals surface area contributed by atoms with Gasteiger partial charge >= 0.3 is 0 Å². The van der Waals surface area contributed by atoms with Crippen molar-refractivity contribution < 1.29 is 27.5 Å². The first-order chi connectivity index (χ1) is 17.1. The van der Waals surface area contributed by atoms with E-state index in [2.05, 4.69) is 5.32 Å². The fourth-order valence-corrected chi connectivity index (χ4v) is 5.36. The van der Waals surface area contributed by atoms with E-state index in [4.69, 9.17) is 9.47 Å². The number of nitrogens with one attached hydrogen (secondary N) is 1. The van der Waals surface area contributed by atoms with Gasteiger partial charge in [-0.2, -0.15) is 0 Å². The van der Waals surface area contributed by atoms with E-state index in [1.807, 2.05) is 31.2 Å². The van der Waals surface area contributed by atoms with Gasteiger partial charge in [-0.1, -0.05) is 42.7 Å². The Hall–Kier alpha value is -3.27. The number of benzene rings is 2. The zero-order chi connectivity index (χ0) is 25.9. The summed E-state index contributed by atoms with van der Waals surface area (Å²) in [6, 6.07) is 11.7. The predicted octanol–water partition coefficient (Wildman–Crippen LogP) is 2.97. The van der Waals surface area contributed by atoms with Crippen molar-refractivity contribution in [2.24, 2.45) is 0 Å². The minimum Gasteiger partial charge on any atom is -0.454 e. The Bertz CT molecular complexity index is 1210. The Morgan fingerprint density at radius 3 is 2.39 bits per heavy atom. The average Bonchev–Trinajstić information content (AvgIpc) is 3.52. The molecule has 1 N–H and O–H groups in total. The molecule has 2 aromatic rings. The third kappa shape index (κ3) is 6.10. The van der Waals surface area contributed by atoms with Crippen LogP contribution in [0.3, 0.4) is 0 Å².